The number of hydrogen-bond donors (Lipinski definition) is 2. The van der Waals surface area contributed by atoms with Gasteiger partial charge in [-0.3, -0.25) is 14.3 Å². The van der Waals surface area contributed by atoms with E-state index in [9.17, 15) is 23.1 Å². The van der Waals surface area contributed by atoms with Gasteiger partial charge in [0.05, 0.1) is 41.0 Å². The predicted molar refractivity (Wildman–Crippen MR) is 150 cm³/mol. The van der Waals surface area contributed by atoms with Gasteiger partial charge in [0.25, 0.3) is 11.8 Å². The van der Waals surface area contributed by atoms with Gasteiger partial charge in [-0.05, 0) is 44.2 Å². The number of para-hydroxylation sites is 1. The smallest absolute Gasteiger partial charge is 0.274 e. The molecule has 4 rings (SSSR count). The topological polar surface area (TPSA) is 134 Å². The summed E-state index contributed by atoms with van der Waals surface area (Å²) in [6, 6.07) is 14.1. The number of aromatic nitrogens is 2. The maximum Gasteiger partial charge on any atom is 0.274 e. The third kappa shape index (κ3) is 5.88. The lowest BCUT2D eigenvalue weighted by Crippen LogP contribution is -2.50. The van der Waals surface area contributed by atoms with Gasteiger partial charge in [0.1, 0.15) is 11.8 Å². The Balaban J connectivity index is 1.74. The van der Waals surface area contributed by atoms with Gasteiger partial charge in [-0.2, -0.15) is 9.40 Å². The quantitative estimate of drug-likeness (QED) is 0.426. The fourth-order valence-electron chi connectivity index (χ4n) is 4.69. The van der Waals surface area contributed by atoms with Gasteiger partial charge in [-0.1, -0.05) is 31.2 Å². The summed E-state index contributed by atoms with van der Waals surface area (Å²) in [5, 5.41) is 17.0. The highest BCUT2D eigenvalue weighted by atomic mass is 32.2. The number of sulfonamides is 1. The Labute approximate surface area is 234 Å². The van der Waals surface area contributed by atoms with Crippen molar-refractivity contribution in [3.63, 3.8) is 0 Å². The SMILES string of the molecule is Cc1cc(C(=O)Nc2cccc3c2O[C@H](CN(C)S(=O)(=O)c2ccccc2)[C@@H](C)CN([C@@H](C)CO)C3=O)n(C)n1. The molecule has 0 unspecified atom stereocenters. The van der Waals surface area contributed by atoms with Gasteiger partial charge >= 0.3 is 0 Å². The molecule has 214 valence electrons. The van der Waals surface area contributed by atoms with E-state index in [1.54, 1.807) is 68.3 Å². The third-order valence-electron chi connectivity index (χ3n) is 7.06. The van der Waals surface area contributed by atoms with E-state index in [0.29, 0.717) is 11.4 Å². The van der Waals surface area contributed by atoms with Crippen LogP contribution in [0.15, 0.2) is 59.5 Å². The van der Waals surface area contributed by atoms with E-state index >= 15 is 0 Å². The first kappa shape index (κ1) is 29.2. The van der Waals surface area contributed by atoms with Crippen molar-refractivity contribution in [3.8, 4) is 5.75 Å². The van der Waals surface area contributed by atoms with Crippen LogP contribution in [-0.4, -0.2) is 83.2 Å². The van der Waals surface area contributed by atoms with Crippen LogP contribution in [0.4, 0.5) is 5.69 Å². The molecule has 0 saturated carbocycles. The molecule has 3 atom stereocenters. The molecule has 0 radical (unpaired) electrons. The summed E-state index contributed by atoms with van der Waals surface area (Å²) in [6.45, 7) is 5.34. The highest BCUT2D eigenvalue weighted by Gasteiger charge is 2.36. The number of likely N-dealkylation sites (N-methyl/N-ethyl adjacent to an activating group) is 1. The molecule has 1 aromatic heterocycles. The summed E-state index contributed by atoms with van der Waals surface area (Å²) in [7, 11) is -0.679. The number of fused-ring (bicyclic) bond motifs is 1. The number of benzene rings is 2. The number of aliphatic hydroxyl groups excluding tert-OH is 1. The molecule has 0 aliphatic carbocycles. The van der Waals surface area contributed by atoms with Crippen LogP contribution in [0.3, 0.4) is 0 Å². The highest BCUT2D eigenvalue weighted by Crippen LogP contribution is 2.35. The molecule has 2 N–H and O–H groups in total. The van der Waals surface area contributed by atoms with Crippen LogP contribution in [-0.2, 0) is 17.1 Å². The molecule has 2 aromatic carbocycles. The molecule has 3 aromatic rings. The van der Waals surface area contributed by atoms with Crippen molar-refractivity contribution >= 4 is 27.5 Å². The Bertz CT molecular complexity index is 1490. The van der Waals surface area contributed by atoms with E-state index in [1.165, 1.54) is 28.2 Å². The minimum atomic E-state index is -3.82. The molecular formula is C28H35N5O6S. The summed E-state index contributed by atoms with van der Waals surface area (Å²) in [6.07, 6.45) is -0.694. The molecule has 0 fully saturated rings. The number of ether oxygens (including phenoxy) is 1. The van der Waals surface area contributed by atoms with Crippen LogP contribution in [0.25, 0.3) is 0 Å². The zero-order valence-electron chi connectivity index (χ0n) is 23.2. The summed E-state index contributed by atoms with van der Waals surface area (Å²) >= 11 is 0. The van der Waals surface area contributed by atoms with Gasteiger partial charge in [0, 0.05) is 26.6 Å². The van der Waals surface area contributed by atoms with Crippen LogP contribution in [0.2, 0.25) is 0 Å². The monoisotopic (exact) mass is 569 g/mol. The molecule has 0 saturated heterocycles. The molecule has 2 amide bonds. The van der Waals surface area contributed by atoms with Crippen molar-refractivity contribution < 1.29 is 27.9 Å². The van der Waals surface area contributed by atoms with Crippen LogP contribution in [0.5, 0.6) is 5.75 Å². The fourth-order valence-corrected chi connectivity index (χ4v) is 5.90. The number of aliphatic hydroxyl groups is 1. The van der Waals surface area contributed by atoms with E-state index in [1.807, 2.05) is 6.92 Å². The van der Waals surface area contributed by atoms with Crippen molar-refractivity contribution in [1.82, 2.24) is 19.0 Å². The van der Waals surface area contributed by atoms with E-state index < -0.39 is 28.1 Å². The number of hydrogen-bond acceptors (Lipinski definition) is 7. The largest absolute Gasteiger partial charge is 0.486 e. The van der Waals surface area contributed by atoms with Gasteiger partial charge in [0.2, 0.25) is 10.0 Å². The zero-order valence-corrected chi connectivity index (χ0v) is 24.1. The van der Waals surface area contributed by atoms with Gasteiger partial charge in [-0.25, -0.2) is 8.42 Å². The standard InChI is InChI=1S/C28H35N5O6S/c1-18-15-33(20(3)17-34)28(36)22-12-9-13-23(29-27(35)24-14-19(2)30-32(24)5)26(22)39-25(18)16-31(4)40(37,38)21-10-7-6-8-11-21/h6-14,18,20,25,34H,15-17H2,1-5H3,(H,29,35)/t18-,20-,25+/m0/s1. The fraction of sp³-hybridized carbons (Fsp3) is 0.393. The van der Waals surface area contributed by atoms with E-state index in [4.69, 9.17) is 4.74 Å². The number of amides is 2. The van der Waals surface area contributed by atoms with Gasteiger partial charge in [0.15, 0.2) is 5.75 Å². The number of anilines is 1. The van der Waals surface area contributed by atoms with E-state index in [2.05, 4.69) is 10.4 Å². The zero-order chi connectivity index (χ0) is 29.2. The Hall–Kier alpha value is -3.74. The Morgan fingerprint density at radius 2 is 1.93 bits per heavy atom. The second-order valence-electron chi connectivity index (χ2n) is 10.2. The van der Waals surface area contributed by atoms with Crippen molar-refractivity contribution in [2.24, 2.45) is 13.0 Å². The van der Waals surface area contributed by atoms with Crippen molar-refractivity contribution in [3.05, 3.63) is 71.5 Å². The van der Waals surface area contributed by atoms with Crippen LogP contribution in [0.1, 0.15) is 40.4 Å². The lowest BCUT2D eigenvalue weighted by Gasteiger charge is -2.38. The molecule has 2 heterocycles. The van der Waals surface area contributed by atoms with Crippen LogP contribution < -0.4 is 10.1 Å². The maximum absolute atomic E-state index is 13.7. The van der Waals surface area contributed by atoms with E-state index in [-0.39, 0.29) is 53.4 Å². The van der Waals surface area contributed by atoms with Gasteiger partial charge in [-0.15, -0.1) is 0 Å². The van der Waals surface area contributed by atoms with Crippen LogP contribution >= 0.6 is 0 Å². The third-order valence-corrected chi connectivity index (χ3v) is 8.90. The lowest BCUT2D eigenvalue weighted by molar-refractivity contribution is 0.0388. The molecule has 1 aliphatic heterocycles. The number of aryl methyl sites for hydroxylation is 2. The maximum atomic E-state index is 13.7. The van der Waals surface area contributed by atoms with Crippen molar-refractivity contribution in [2.75, 3.05) is 32.1 Å². The number of nitrogens with one attached hydrogen (secondary N) is 1. The summed E-state index contributed by atoms with van der Waals surface area (Å²) < 4.78 is 35.7. The Kier molecular flexibility index (Phi) is 8.62. The Morgan fingerprint density at radius 1 is 1.23 bits per heavy atom. The normalized spacial score (nSPS) is 18.5. The second kappa shape index (κ2) is 11.8. The molecule has 1 aliphatic rings. The number of carbonyl (C=O) groups is 2. The molecule has 0 bridgehead atoms. The lowest BCUT2D eigenvalue weighted by atomic mass is 9.99. The minimum Gasteiger partial charge on any atom is -0.486 e. The number of carbonyl (C=O) groups excluding carboxylic acids is 2. The second-order valence-corrected chi connectivity index (χ2v) is 12.2. The van der Waals surface area contributed by atoms with Crippen molar-refractivity contribution in [1.29, 1.82) is 0 Å². The van der Waals surface area contributed by atoms with Crippen molar-refractivity contribution in [2.45, 2.75) is 37.8 Å². The minimum absolute atomic E-state index is 0.0173. The van der Waals surface area contributed by atoms with Crippen LogP contribution in [0, 0.1) is 12.8 Å². The molecule has 11 nitrogen and oxygen atoms in total. The molecule has 40 heavy (non-hydrogen) atoms. The number of nitrogens with zero attached hydrogens (tertiary/aromatic N) is 4. The predicted octanol–water partition coefficient (Wildman–Crippen LogP) is 2.52. The molecule has 0 spiro atoms. The summed E-state index contributed by atoms with van der Waals surface area (Å²) in [5.74, 6) is -0.997. The first-order chi connectivity index (χ1) is 18.9. The molecular weight excluding hydrogens is 534 g/mol. The highest BCUT2D eigenvalue weighted by molar-refractivity contribution is 7.89. The average Bonchev–Trinajstić information content (AvgIpc) is 3.28. The summed E-state index contributed by atoms with van der Waals surface area (Å²) in [5.41, 5.74) is 1.46. The molecule has 12 heteroatoms. The van der Waals surface area contributed by atoms with Gasteiger partial charge < -0.3 is 20.1 Å². The first-order valence-corrected chi connectivity index (χ1v) is 14.4. The average molecular weight is 570 g/mol. The Morgan fingerprint density at radius 3 is 2.55 bits per heavy atom. The number of rotatable bonds is 8. The summed E-state index contributed by atoms with van der Waals surface area (Å²) in [4.78, 5) is 28.5. The van der Waals surface area contributed by atoms with E-state index in [0.717, 1.165) is 0 Å². The first-order valence-electron chi connectivity index (χ1n) is 13.0.